The minimum absolute atomic E-state index is 0.0662. The highest BCUT2D eigenvalue weighted by molar-refractivity contribution is 5.90. The number of nitrogens with zero attached hydrogens (tertiary/aromatic N) is 3. The summed E-state index contributed by atoms with van der Waals surface area (Å²) in [6, 6.07) is 2.67. The molecule has 1 unspecified atom stereocenters. The summed E-state index contributed by atoms with van der Waals surface area (Å²) in [5.74, 6) is -0.0581. The van der Waals surface area contributed by atoms with Crippen LogP contribution in [0.25, 0.3) is 0 Å². The van der Waals surface area contributed by atoms with Gasteiger partial charge in [-0.25, -0.2) is 9.59 Å². The molecule has 0 bridgehead atoms. The molecule has 10 nitrogen and oxygen atoms in total. The highest BCUT2D eigenvalue weighted by atomic mass is 16.5. The van der Waals surface area contributed by atoms with E-state index in [1.807, 2.05) is 4.90 Å². The lowest BCUT2D eigenvalue weighted by Gasteiger charge is -2.40. The van der Waals surface area contributed by atoms with Crippen molar-refractivity contribution >= 4 is 17.8 Å². The first-order chi connectivity index (χ1) is 14.8. The third-order valence-electron chi connectivity index (χ3n) is 5.32. The van der Waals surface area contributed by atoms with Crippen LogP contribution in [0, 0.1) is 0 Å². The number of ether oxygens (including phenoxy) is 2. The van der Waals surface area contributed by atoms with E-state index in [0.29, 0.717) is 55.4 Å². The molecule has 2 aromatic rings. The van der Waals surface area contributed by atoms with Gasteiger partial charge in [0.1, 0.15) is 28.7 Å². The molecule has 0 radical (unpaired) electrons. The quantitative estimate of drug-likeness (QED) is 0.596. The average Bonchev–Trinajstić information content (AvgIpc) is 3.42. The van der Waals surface area contributed by atoms with Gasteiger partial charge < -0.3 is 23.2 Å². The topological polar surface area (TPSA) is 106 Å². The molecule has 3 rings (SSSR count). The number of methoxy groups -OCH3 is 2. The molecule has 1 saturated heterocycles. The first kappa shape index (κ1) is 22.6. The summed E-state index contributed by atoms with van der Waals surface area (Å²) in [5.41, 5.74) is 0.720. The standard InChI is InChI=1S/C21H27N3O7/c1-22(2)19(25)16-11-23(12-17-14(5-9-30-17)20(26)28-3)7-8-24(16)13-18-15(6-10-31-18)21(27)29-4/h5-6,9-10,16H,7-8,11-13H2,1-4H3. The van der Waals surface area contributed by atoms with Gasteiger partial charge in [-0.15, -0.1) is 0 Å². The van der Waals surface area contributed by atoms with Crippen molar-refractivity contribution in [3.8, 4) is 0 Å². The molecule has 1 fully saturated rings. The van der Waals surface area contributed by atoms with Crippen LogP contribution in [0.15, 0.2) is 33.5 Å². The summed E-state index contributed by atoms with van der Waals surface area (Å²) in [5, 5.41) is 0. The zero-order valence-electron chi connectivity index (χ0n) is 18.1. The van der Waals surface area contributed by atoms with Crippen LogP contribution in [0.1, 0.15) is 32.2 Å². The normalized spacial score (nSPS) is 17.4. The molecule has 1 amide bonds. The van der Waals surface area contributed by atoms with Gasteiger partial charge in [0.25, 0.3) is 0 Å². The average molecular weight is 433 g/mol. The van der Waals surface area contributed by atoms with Gasteiger partial charge in [0.05, 0.1) is 39.8 Å². The Balaban J connectivity index is 1.76. The third kappa shape index (κ3) is 4.97. The Bertz CT molecular complexity index is 933. The lowest BCUT2D eigenvalue weighted by Crippen LogP contribution is -2.58. The van der Waals surface area contributed by atoms with Gasteiger partial charge in [0.15, 0.2) is 0 Å². The number of piperazine rings is 1. The van der Waals surface area contributed by atoms with Gasteiger partial charge >= 0.3 is 11.9 Å². The first-order valence-corrected chi connectivity index (χ1v) is 9.82. The van der Waals surface area contributed by atoms with E-state index in [1.54, 1.807) is 26.2 Å². The van der Waals surface area contributed by atoms with Crippen molar-refractivity contribution in [3.05, 3.63) is 47.3 Å². The van der Waals surface area contributed by atoms with E-state index >= 15 is 0 Å². The Hall–Kier alpha value is -3.11. The second-order valence-corrected chi connectivity index (χ2v) is 7.45. The predicted octanol–water partition coefficient (Wildman–Crippen LogP) is 1.22. The lowest BCUT2D eigenvalue weighted by molar-refractivity contribution is -0.137. The van der Waals surface area contributed by atoms with Crippen LogP contribution in [0.5, 0.6) is 0 Å². The van der Waals surface area contributed by atoms with E-state index in [-0.39, 0.29) is 5.91 Å². The van der Waals surface area contributed by atoms with Gasteiger partial charge in [0.2, 0.25) is 5.91 Å². The van der Waals surface area contributed by atoms with E-state index in [9.17, 15) is 14.4 Å². The fraction of sp³-hybridized carbons (Fsp3) is 0.476. The van der Waals surface area contributed by atoms with E-state index in [4.69, 9.17) is 18.3 Å². The zero-order valence-corrected chi connectivity index (χ0v) is 18.1. The summed E-state index contributed by atoms with van der Waals surface area (Å²) >= 11 is 0. The number of rotatable bonds is 7. The molecular formula is C21H27N3O7. The SMILES string of the molecule is COC(=O)c1ccoc1CN1CCN(Cc2occc2C(=O)OC)C(C(=O)N(C)C)C1. The van der Waals surface area contributed by atoms with E-state index < -0.39 is 18.0 Å². The van der Waals surface area contributed by atoms with E-state index in [2.05, 4.69) is 4.90 Å². The first-order valence-electron chi connectivity index (χ1n) is 9.82. The van der Waals surface area contributed by atoms with Crippen molar-refractivity contribution in [2.24, 2.45) is 0 Å². The summed E-state index contributed by atoms with van der Waals surface area (Å²) < 4.78 is 20.6. The highest BCUT2D eigenvalue weighted by Gasteiger charge is 2.35. The van der Waals surface area contributed by atoms with Gasteiger partial charge in [-0.1, -0.05) is 0 Å². The molecule has 2 aromatic heterocycles. The maximum Gasteiger partial charge on any atom is 0.341 e. The van der Waals surface area contributed by atoms with E-state index in [0.717, 1.165) is 0 Å². The van der Waals surface area contributed by atoms with Crippen molar-refractivity contribution in [2.45, 2.75) is 19.1 Å². The molecule has 0 spiro atoms. The van der Waals surface area contributed by atoms with Gasteiger partial charge in [-0.3, -0.25) is 14.6 Å². The van der Waals surface area contributed by atoms with Crippen LogP contribution in [0.4, 0.5) is 0 Å². The molecular weight excluding hydrogens is 406 g/mol. The van der Waals surface area contributed by atoms with Crippen molar-refractivity contribution < 1.29 is 32.7 Å². The van der Waals surface area contributed by atoms with E-state index in [1.165, 1.54) is 31.6 Å². The molecule has 10 heteroatoms. The third-order valence-corrected chi connectivity index (χ3v) is 5.32. The molecule has 0 N–H and O–H groups in total. The Morgan fingerprint density at radius 1 is 0.968 bits per heavy atom. The molecule has 31 heavy (non-hydrogen) atoms. The molecule has 1 atom stereocenters. The minimum atomic E-state index is -0.481. The second-order valence-electron chi connectivity index (χ2n) is 7.45. The number of likely N-dealkylation sites (N-methyl/N-ethyl adjacent to an activating group) is 1. The highest BCUT2D eigenvalue weighted by Crippen LogP contribution is 2.22. The van der Waals surface area contributed by atoms with Crippen LogP contribution in [-0.2, 0) is 27.4 Å². The number of esters is 2. The second kappa shape index (κ2) is 9.80. The Kier molecular flexibility index (Phi) is 7.13. The van der Waals surface area contributed by atoms with Crippen molar-refractivity contribution in [1.29, 1.82) is 0 Å². The summed E-state index contributed by atoms with van der Waals surface area (Å²) in [7, 11) is 6.04. The van der Waals surface area contributed by atoms with Crippen LogP contribution < -0.4 is 0 Å². The van der Waals surface area contributed by atoms with Gasteiger partial charge in [-0.2, -0.15) is 0 Å². The Labute approximate surface area is 180 Å². The summed E-state index contributed by atoms with van der Waals surface area (Å²) in [6.45, 7) is 2.28. The number of carbonyl (C=O) groups excluding carboxylic acids is 3. The van der Waals surface area contributed by atoms with Crippen LogP contribution in [0.3, 0.4) is 0 Å². The molecule has 1 aliphatic rings. The molecule has 1 aliphatic heterocycles. The number of hydrogen-bond acceptors (Lipinski definition) is 9. The fourth-order valence-electron chi connectivity index (χ4n) is 3.64. The maximum absolute atomic E-state index is 12.9. The Morgan fingerprint density at radius 2 is 1.52 bits per heavy atom. The predicted molar refractivity (Wildman–Crippen MR) is 108 cm³/mol. The van der Waals surface area contributed by atoms with Crippen LogP contribution >= 0.6 is 0 Å². The van der Waals surface area contributed by atoms with Crippen LogP contribution in [-0.4, -0.2) is 86.5 Å². The van der Waals surface area contributed by atoms with Gasteiger partial charge in [-0.05, 0) is 12.1 Å². The Morgan fingerprint density at radius 3 is 2.03 bits per heavy atom. The van der Waals surface area contributed by atoms with Gasteiger partial charge in [0, 0.05) is 33.7 Å². The molecule has 168 valence electrons. The number of amides is 1. The smallest absolute Gasteiger partial charge is 0.341 e. The number of hydrogen-bond donors (Lipinski definition) is 0. The van der Waals surface area contributed by atoms with Crippen molar-refractivity contribution in [2.75, 3.05) is 47.9 Å². The maximum atomic E-state index is 12.9. The molecule has 0 saturated carbocycles. The van der Waals surface area contributed by atoms with Crippen molar-refractivity contribution in [3.63, 3.8) is 0 Å². The summed E-state index contributed by atoms with van der Waals surface area (Å²) in [4.78, 5) is 42.4. The largest absolute Gasteiger partial charge is 0.467 e. The minimum Gasteiger partial charge on any atom is -0.467 e. The monoisotopic (exact) mass is 433 g/mol. The van der Waals surface area contributed by atoms with Crippen molar-refractivity contribution in [1.82, 2.24) is 14.7 Å². The number of carbonyl (C=O) groups is 3. The molecule has 3 heterocycles. The lowest BCUT2D eigenvalue weighted by atomic mass is 10.1. The molecule has 0 aromatic carbocycles. The summed E-state index contributed by atoms with van der Waals surface area (Å²) in [6.07, 6.45) is 2.89. The fourth-order valence-corrected chi connectivity index (χ4v) is 3.64. The number of furan rings is 2. The molecule has 0 aliphatic carbocycles. The zero-order chi connectivity index (χ0) is 22.5. The van der Waals surface area contributed by atoms with Crippen LogP contribution in [0.2, 0.25) is 0 Å².